The predicted molar refractivity (Wildman–Crippen MR) is 69.6 cm³/mol. The minimum atomic E-state index is -4.34. The van der Waals surface area contributed by atoms with Crippen LogP contribution in [0.3, 0.4) is 0 Å². The number of carbonyl (C=O) groups is 1. The van der Waals surface area contributed by atoms with Crippen molar-refractivity contribution in [2.75, 3.05) is 31.1 Å². The summed E-state index contributed by atoms with van der Waals surface area (Å²) >= 11 is 0. The van der Waals surface area contributed by atoms with Crippen LogP contribution in [0.15, 0.2) is 18.3 Å². The molecule has 0 aliphatic heterocycles. The largest absolute Gasteiger partial charge is 0.405 e. The molecule has 8 heteroatoms. The number of alkyl halides is 3. The van der Waals surface area contributed by atoms with Gasteiger partial charge in [0.2, 0.25) is 0 Å². The normalized spacial score (nSPS) is 11.2. The van der Waals surface area contributed by atoms with Crippen LogP contribution in [-0.4, -0.2) is 43.2 Å². The van der Waals surface area contributed by atoms with Gasteiger partial charge < -0.3 is 16.0 Å². The quantitative estimate of drug-likeness (QED) is 0.824. The molecule has 0 aliphatic carbocycles. The first-order valence-electron chi connectivity index (χ1n) is 6.13. The zero-order valence-corrected chi connectivity index (χ0v) is 11.1. The van der Waals surface area contributed by atoms with E-state index in [0.29, 0.717) is 6.54 Å². The maximum atomic E-state index is 12.5. The van der Waals surface area contributed by atoms with Gasteiger partial charge in [-0.25, -0.2) is 0 Å². The Morgan fingerprint density at radius 1 is 1.50 bits per heavy atom. The summed E-state index contributed by atoms with van der Waals surface area (Å²) in [5, 5.41) is 2.54. The van der Waals surface area contributed by atoms with E-state index < -0.39 is 18.6 Å². The number of nitrogens with two attached hydrogens (primary N) is 1. The molecule has 0 spiro atoms. The van der Waals surface area contributed by atoms with Gasteiger partial charge in [0.1, 0.15) is 12.2 Å². The fraction of sp³-hybridized carbons (Fsp3) is 0.500. The van der Waals surface area contributed by atoms with Crippen molar-refractivity contribution in [1.82, 2.24) is 10.3 Å². The lowest BCUT2D eigenvalue weighted by atomic mass is 10.2. The summed E-state index contributed by atoms with van der Waals surface area (Å²) < 4.78 is 37.6. The van der Waals surface area contributed by atoms with E-state index in [2.05, 4.69) is 10.3 Å². The van der Waals surface area contributed by atoms with Crippen LogP contribution in [0.25, 0.3) is 0 Å². The zero-order valence-electron chi connectivity index (χ0n) is 11.1. The summed E-state index contributed by atoms with van der Waals surface area (Å²) in [6.07, 6.45) is -3.04. The molecule has 1 aromatic heterocycles. The van der Waals surface area contributed by atoms with Crippen LogP contribution < -0.4 is 16.0 Å². The first kappa shape index (κ1) is 16.2. The molecule has 0 saturated heterocycles. The SMILES string of the molecule is CCNC(=O)c1cc(N(CCN)CC(F)(F)F)ccn1. The molecule has 0 fully saturated rings. The number of carbonyl (C=O) groups excluding carboxylic acids is 1. The standard InChI is InChI=1S/C12H17F3N4O/c1-2-17-11(20)10-7-9(3-5-18-10)19(6-4-16)8-12(13,14)15/h3,5,7H,2,4,6,8,16H2,1H3,(H,17,20). The Morgan fingerprint density at radius 3 is 2.75 bits per heavy atom. The molecular weight excluding hydrogens is 273 g/mol. The highest BCUT2D eigenvalue weighted by Crippen LogP contribution is 2.22. The zero-order chi connectivity index (χ0) is 15.2. The minimum absolute atomic E-state index is 0.0400. The maximum Gasteiger partial charge on any atom is 0.405 e. The van der Waals surface area contributed by atoms with Crippen molar-refractivity contribution in [2.24, 2.45) is 5.73 Å². The number of hydrogen-bond acceptors (Lipinski definition) is 4. The first-order valence-corrected chi connectivity index (χ1v) is 6.13. The van der Waals surface area contributed by atoms with Gasteiger partial charge in [-0.3, -0.25) is 9.78 Å². The lowest BCUT2D eigenvalue weighted by Crippen LogP contribution is -2.38. The summed E-state index contributed by atoms with van der Waals surface area (Å²) in [7, 11) is 0. The molecule has 1 aromatic rings. The topological polar surface area (TPSA) is 71.2 Å². The Labute approximate surface area is 115 Å². The van der Waals surface area contributed by atoms with Gasteiger partial charge in [-0.1, -0.05) is 0 Å². The third-order valence-electron chi connectivity index (χ3n) is 2.45. The Kier molecular flexibility index (Phi) is 5.75. The molecule has 0 bridgehead atoms. The highest BCUT2D eigenvalue weighted by Gasteiger charge is 2.30. The lowest BCUT2D eigenvalue weighted by molar-refractivity contribution is -0.119. The summed E-state index contributed by atoms with van der Waals surface area (Å²) in [6, 6.07) is 2.75. The van der Waals surface area contributed by atoms with Gasteiger partial charge in [-0.2, -0.15) is 13.2 Å². The van der Waals surface area contributed by atoms with Crippen LogP contribution in [0.4, 0.5) is 18.9 Å². The van der Waals surface area contributed by atoms with E-state index in [1.165, 1.54) is 18.3 Å². The van der Waals surface area contributed by atoms with E-state index in [1.807, 2.05) is 0 Å². The van der Waals surface area contributed by atoms with Gasteiger partial charge in [0.15, 0.2) is 0 Å². The number of amides is 1. The van der Waals surface area contributed by atoms with Crippen LogP contribution >= 0.6 is 0 Å². The van der Waals surface area contributed by atoms with Crippen LogP contribution in [0, 0.1) is 0 Å². The molecule has 0 atom stereocenters. The number of aromatic nitrogens is 1. The summed E-state index contributed by atoms with van der Waals surface area (Å²) in [5.74, 6) is -0.422. The summed E-state index contributed by atoms with van der Waals surface area (Å²) in [4.78, 5) is 16.5. The smallest absolute Gasteiger partial charge is 0.361 e. The van der Waals surface area contributed by atoms with Gasteiger partial charge in [-0.05, 0) is 19.1 Å². The fourth-order valence-electron chi connectivity index (χ4n) is 1.66. The number of anilines is 1. The van der Waals surface area contributed by atoms with E-state index in [9.17, 15) is 18.0 Å². The van der Waals surface area contributed by atoms with Crippen LogP contribution in [0.1, 0.15) is 17.4 Å². The van der Waals surface area contributed by atoms with Crippen molar-refractivity contribution in [3.8, 4) is 0 Å². The third-order valence-corrected chi connectivity index (χ3v) is 2.45. The molecule has 0 saturated carbocycles. The Morgan fingerprint density at radius 2 is 2.20 bits per heavy atom. The monoisotopic (exact) mass is 290 g/mol. The Hall–Kier alpha value is -1.83. The van der Waals surface area contributed by atoms with Gasteiger partial charge >= 0.3 is 6.18 Å². The van der Waals surface area contributed by atoms with Crippen LogP contribution in [0.2, 0.25) is 0 Å². The van der Waals surface area contributed by atoms with Crippen molar-refractivity contribution in [3.63, 3.8) is 0 Å². The number of hydrogen-bond donors (Lipinski definition) is 2. The molecule has 112 valence electrons. The highest BCUT2D eigenvalue weighted by molar-refractivity contribution is 5.93. The molecule has 0 radical (unpaired) electrons. The van der Waals surface area contributed by atoms with Crippen molar-refractivity contribution >= 4 is 11.6 Å². The van der Waals surface area contributed by atoms with Gasteiger partial charge in [0.05, 0.1) is 0 Å². The van der Waals surface area contributed by atoms with E-state index in [0.717, 1.165) is 4.90 Å². The number of halogens is 3. The van der Waals surface area contributed by atoms with E-state index >= 15 is 0 Å². The number of pyridine rings is 1. The second-order valence-electron chi connectivity index (χ2n) is 4.08. The second-order valence-corrected chi connectivity index (χ2v) is 4.08. The van der Waals surface area contributed by atoms with E-state index in [4.69, 9.17) is 5.73 Å². The number of nitrogens with one attached hydrogen (secondary N) is 1. The fourth-order valence-corrected chi connectivity index (χ4v) is 1.66. The Balaban J connectivity index is 2.96. The van der Waals surface area contributed by atoms with Gasteiger partial charge in [0, 0.05) is 31.5 Å². The molecule has 0 aliphatic rings. The lowest BCUT2D eigenvalue weighted by Gasteiger charge is -2.25. The molecule has 20 heavy (non-hydrogen) atoms. The average Bonchev–Trinajstić information content (AvgIpc) is 2.37. The number of rotatable bonds is 6. The molecule has 0 aromatic carbocycles. The van der Waals surface area contributed by atoms with E-state index in [-0.39, 0.29) is 24.5 Å². The minimum Gasteiger partial charge on any atom is -0.361 e. The Bertz CT molecular complexity index is 451. The summed E-state index contributed by atoms with van der Waals surface area (Å²) in [5.41, 5.74) is 5.67. The molecular formula is C12H17F3N4O. The van der Waals surface area contributed by atoms with Gasteiger partial charge in [0.25, 0.3) is 5.91 Å². The number of nitrogens with zero attached hydrogens (tertiary/aromatic N) is 2. The van der Waals surface area contributed by atoms with Crippen molar-refractivity contribution in [3.05, 3.63) is 24.0 Å². The predicted octanol–water partition coefficient (Wildman–Crippen LogP) is 1.16. The molecule has 1 rings (SSSR count). The van der Waals surface area contributed by atoms with Crippen molar-refractivity contribution in [1.29, 1.82) is 0 Å². The first-order chi connectivity index (χ1) is 9.37. The average molecular weight is 290 g/mol. The van der Waals surface area contributed by atoms with E-state index in [1.54, 1.807) is 6.92 Å². The molecule has 3 N–H and O–H groups in total. The van der Waals surface area contributed by atoms with Crippen LogP contribution in [-0.2, 0) is 0 Å². The second kappa shape index (κ2) is 7.09. The molecule has 1 amide bonds. The summed E-state index contributed by atoms with van der Waals surface area (Å²) in [6.45, 7) is 1.15. The molecule has 0 unspecified atom stereocenters. The third kappa shape index (κ3) is 5.04. The van der Waals surface area contributed by atoms with Gasteiger partial charge in [-0.15, -0.1) is 0 Å². The highest BCUT2D eigenvalue weighted by atomic mass is 19.4. The van der Waals surface area contributed by atoms with Crippen molar-refractivity contribution in [2.45, 2.75) is 13.1 Å². The maximum absolute atomic E-state index is 12.5. The molecule has 1 heterocycles. The van der Waals surface area contributed by atoms with Crippen molar-refractivity contribution < 1.29 is 18.0 Å². The van der Waals surface area contributed by atoms with Crippen LogP contribution in [0.5, 0.6) is 0 Å². The molecule has 5 nitrogen and oxygen atoms in total.